The summed E-state index contributed by atoms with van der Waals surface area (Å²) in [5, 5.41) is 1.64. The standard InChI is InChI=1S/C14H12BrCl/c1-10-4-2-7-13(14(10)9-15)11-5-3-6-12(16)8-11/h2-8H,9H2,1H3. The molecule has 2 heteroatoms. The van der Waals surface area contributed by atoms with Crippen LogP contribution in [0, 0.1) is 6.92 Å². The van der Waals surface area contributed by atoms with E-state index in [-0.39, 0.29) is 0 Å². The summed E-state index contributed by atoms with van der Waals surface area (Å²) in [5.41, 5.74) is 5.05. The fourth-order valence-corrected chi connectivity index (χ4v) is 2.74. The lowest BCUT2D eigenvalue weighted by Crippen LogP contribution is -1.90. The zero-order chi connectivity index (χ0) is 11.5. The molecule has 0 amide bonds. The molecule has 0 aliphatic rings. The molecule has 0 aliphatic heterocycles. The molecule has 0 saturated carbocycles. The van der Waals surface area contributed by atoms with Gasteiger partial charge >= 0.3 is 0 Å². The molecule has 0 aliphatic carbocycles. The van der Waals surface area contributed by atoms with Crippen molar-refractivity contribution in [3.05, 3.63) is 58.6 Å². The Kier molecular flexibility index (Phi) is 3.67. The van der Waals surface area contributed by atoms with Crippen LogP contribution in [0.3, 0.4) is 0 Å². The molecular formula is C14H12BrCl. The van der Waals surface area contributed by atoms with Gasteiger partial charge in [-0.15, -0.1) is 0 Å². The first-order valence-corrected chi connectivity index (χ1v) is 6.62. The van der Waals surface area contributed by atoms with Crippen molar-refractivity contribution in [2.24, 2.45) is 0 Å². The van der Waals surface area contributed by atoms with Crippen molar-refractivity contribution in [2.75, 3.05) is 0 Å². The second-order valence-electron chi connectivity index (χ2n) is 3.75. The molecule has 0 heterocycles. The third kappa shape index (κ3) is 2.31. The van der Waals surface area contributed by atoms with Crippen molar-refractivity contribution in [3.63, 3.8) is 0 Å². The van der Waals surface area contributed by atoms with E-state index in [1.54, 1.807) is 0 Å². The molecule has 0 N–H and O–H groups in total. The molecule has 0 atom stereocenters. The van der Waals surface area contributed by atoms with E-state index in [1.807, 2.05) is 18.2 Å². The number of hydrogen-bond donors (Lipinski definition) is 0. The Morgan fingerprint density at radius 2 is 1.88 bits per heavy atom. The van der Waals surface area contributed by atoms with E-state index in [2.05, 4.69) is 47.1 Å². The van der Waals surface area contributed by atoms with Crippen molar-refractivity contribution >= 4 is 27.5 Å². The lowest BCUT2D eigenvalue weighted by atomic mass is 9.97. The van der Waals surface area contributed by atoms with Crippen LogP contribution in [0.1, 0.15) is 11.1 Å². The Morgan fingerprint density at radius 3 is 2.56 bits per heavy atom. The molecule has 0 nitrogen and oxygen atoms in total. The van der Waals surface area contributed by atoms with Crippen molar-refractivity contribution in [2.45, 2.75) is 12.3 Å². The highest BCUT2D eigenvalue weighted by molar-refractivity contribution is 9.08. The van der Waals surface area contributed by atoms with Crippen LogP contribution in [0.4, 0.5) is 0 Å². The maximum atomic E-state index is 6.02. The van der Waals surface area contributed by atoms with Crippen LogP contribution >= 0.6 is 27.5 Å². The number of hydrogen-bond acceptors (Lipinski definition) is 0. The minimum atomic E-state index is 0.777. The highest BCUT2D eigenvalue weighted by Gasteiger charge is 2.06. The van der Waals surface area contributed by atoms with E-state index in [1.165, 1.54) is 22.3 Å². The maximum Gasteiger partial charge on any atom is 0.0412 e. The van der Waals surface area contributed by atoms with Crippen LogP contribution in [0.2, 0.25) is 5.02 Å². The van der Waals surface area contributed by atoms with Gasteiger partial charge in [0.1, 0.15) is 0 Å². The van der Waals surface area contributed by atoms with Crippen LogP contribution in [0.15, 0.2) is 42.5 Å². The predicted octanol–water partition coefficient (Wildman–Crippen LogP) is 5.21. The third-order valence-electron chi connectivity index (χ3n) is 2.68. The summed E-state index contributed by atoms with van der Waals surface area (Å²) in [6.07, 6.45) is 0. The maximum absolute atomic E-state index is 6.02. The molecule has 0 saturated heterocycles. The Morgan fingerprint density at radius 1 is 1.12 bits per heavy atom. The highest BCUT2D eigenvalue weighted by Crippen LogP contribution is 2.29. The fraction of sp³-hybridized carbons (Fsp3) is 0.143. The minimum absolute atomic E-state index is 0.777. The monoisotopic (exact) mass is 294 g/mol. The minimum Gasteiger partial charge on any atom is -0.0876 e. The molecular weight excluding hydrogens is 284 g/mol. The summed E-state index contributed by atoms with van der Waals surface area (Å²) in [7, 11) is 0. The summed E-state index contributed by atoms with van der Waals surface area (Å²) in [5.74, 6) is 0. The Bertz CT molecular complexity index is 506. The van der Waals surface area contributed by atoms with Gasteiger partial charge in [0.25, 0.3) is 0 Å². The topological polar surface area (TPSA) is 0 Å². The van der Waals surface area contributed by atoms with Crippen LogP contribution < -0.4 is 0 Å². The van der Waals surface area contributed by atoms with E-state index in [0.717, 1.165) is 10.4 Å². The predicted molar refractivity (Wildman–Crippen MR) is 74.3 cm³/mol. The van der Waals surface area contributed by atoms with Crippen molar-refractivity contribution < 1.29 is 0 Å². The largest absolute Gasteiger partial charge is 0.0876 e. The molecule has 0 fully saturated rings. The molecule has 0 radical (unpaired) electrons. The Hall–Kier alpha value is -0.790. The molecule has 82 valence electrons. The summed E-state index contributed by atoms with van der Waals surface area (Å²) in [4.78, 5) is 0. The normalized spacial score (nSPS) is 10.4. The summed E-state index contributed by atoms with van der Waals surface area (Å²) < 4.78 is 0. The van der Waals surface area contributed by atoms with Gasteiger partial charge in [-0.25, -0.2) is 0 Å². The third-order valence-corrected chi connectivity index (χ3v) is 3.48. The zero-order valence-corrected chi connectivity index (χ0v) is 11.3. The number of benzene rings is 2. The fourth-order valence-electron chi connectivity index (χ4n) is 1.81. The second kappa shape index (κ2) is 5.03. The molecule has 0 bridgehead atoms. The van der Waals surface area contributed by atoms with Crippen molar-refractivity contribution in [1.29, 1.82) is 0 Å². The lowest BCUT2D eigenvalue weighted by molar-refractivity contribution is 1.32. The molecule has 2 rings (SSSR count). The van der Waals surface area contributed by atoms with E-state index in [0.29, 0.717) is 0 Å². The zero-order valence-electron chi connectivity index (χ0n) is 9.00. The molecule has 0 aromatic heterocycles. The van der Waals surface area contributed by atoms with E-state index in [9.17, 15) is 0 Å². The van der Waals surface area contributed by atoms with E-state index >= 15 is 0 Å². The number of halogens is 2. The van der Waals surface area contributed by atoms with Gasteiger partial charge in [0.05, 0.1) is 0 Å². The van der Waals surface area contributed by atoms with Gasteiger partial charge in [-0.3, -0.25) is 0 Å². The molecule has 0 unspecified atom stereocenters. The molecule has 2 aromatic rings. The second-order valence-corrected chi connectivity index (χ2v) is 4.74. The van der Waals surface area contributed by atoms with Crippen molar-refractivity contribution in [3.8, 4) is 11.1 Å². The number of alkyl halides is 1. The van der Waals surface area contributed by atoms with Crippen LogP contribution in [0.5, 0.6) is 0 Å². The average Bonchev–Trinajstić information content (AvgIpc) is 2.28. The van der Waals surface area contributed by atoms with E-state index in [4.69, 9.17) is 11.6 Å². The first-order valence-electron chi connectivity index (χ1n) is 5.13. The lowest BCUT2D eigenvalue weighted by Gasteiger charge is -2.10. The van der Waals surface area contributed by atoms with Crippen LogP contribution in [-0.2, 0) is 5.33 Å². The van der Waals surface area contributed by atoms with Gasteiger partial charge in [0.2, 0.25) is 0 Å². The van der Waals surface area contributed by atoms with Crippen molar-refractivity contribution in [1.82, 2.24) is 0 Å². The quantitative estimate of drug-likeness (QED) is 0.667. The summed E-state index contributed by atoms with van der Waals surface area (Å²) >= 11 is 9.56. The van der Waals surface area contributed by atoms with Crippen LogP contribution in [-0.4, -0.2) is 0 Å². The Labute approximate surface area is 109 Å². The summed E-state index contributed by atoms with van der Waals surface area (Å²) in [6.45, 7) is 2.13. The first-order chi connectivity index (χ1) is 7.72. The molecule has 2 aromatic carbocycles. The number of aryl methyl sites for hydroxylation is 1. The SMILES string of the molecule is Cc1cccc(-c2cccc(Cl)c2)c1CBr. The summed E-state index contributed by atoms with van der Waals surface area (Å²) in [6, 6.07) is 14.3. The number of rotatable bonds is 2. The van der Waals surface area contributed by atoms with Gasteiger partial charge in [-0.05, 0) is 41.3 Å². The van der Waals surface area contributed by atoms with E-state index < -0.39 is 0 Å². The first kappa shape index (κ1) is 11.7. The van der Waals surface area contributed by atoms with Gasteiger partial charge in [0, 0.05) is 10.4 Å². The van der Waals surface area contributed by atoms with Gasteiger partial charge < -0.3 is 0 Å². The van der Waals surface area contributed by atoms with Gasteiger partial charge in [-0.2, -0.15) is 0 Å². The average molecular weight is 296 g/mol. The Balaban J connectivity index is 2.60. The molecule has 0 spiro atoms. The van der Waals surface area contributed by atoms with Crippen LogP contribution in [0.25, 0.3) is 11.1 Å². The van der Waals surface area contributed by atoms with Gasteiger partial charge in [0.15, 0.2) is 0 Å². The van der Waals surface area contributed by atoms with Gasteiger partial charge in [-0.1, -0.05) is 57.9 Å². The molecule has 16 heavy (non-hydrogen) atoms. The smallest absolute Gasteiger partial charge is 0.0412 e. The highest BCUT2D eigenvalue weighted by atomic mass is 79.9.